The van der Waals surface area contributed by atoms with Crippen LogP contribution in [0.25, 0.3) is 11.2 Å². The van der Waals surface area contributed by atoms with Crippen LogP contribution in [0.1, 0.15) is 28.5 Å². The third-order valence-electron chi connectivity index (χ3n) is 2.96. The number of thioether (sulfide) groups is 1. The zero-order chi connectivity index (χ0) is 11.8. The van der Waals surface area contributed by atoms with Crippen molar-refractivity contribution in [1.29, 1.82) is 0 Å². The lowest BCUT2D eigenvalue weighted by Gasteiger charge is -2.01. The molecule has 0 spiro atoms. The zero-order valence-corrected chi connectivity index (χ0v) is 9.83. The van der Waals surface area contributed by atoms with E-state index in [1.165, 1.54) is 12.3 Å². The Kier molecular flexibility index (Phi) is 2.51. The van der Waals surface area contributed by atoms with Gasteiger partial charge in [0.1, 0.15) is 5.82 Å². The summed E-state index contributed by atoms with van der Waals surface area (Å²) in [5.74, 6) is 2.50. The van der Waals surface area contributed by atoms with E-state index in [2.05, 4.69) is 15.0 Å². The third kappa shape index (κ3) is 1.78. The van der Waals surface area contributed by atoms with Gasteiger partial charge < -0.3 is 10.1 Å². The molecular weight excluding hydrogens is 238 g/mol. The van der Waals surface area contributed by atoms with E-state index in [0.29, 0.717) is 17.1 Å². The Morgan fingerprint density at radius 1 is 1.59 bits per heavy atom. The number of nitrogens with zero attached hydrogens (tertiary/aromatic N) is 2. The van der Waals surface area contributed by atoms with Crippen molar-refractivity contribution in [2.45, 2.75) is 12.3 Å². The summed E-state index contributed by atoms with van der Waals surface area (Å²) in [6, 6.07) is 1.50. The topological polar surface area (TPSA) is 78.9 Å². The molecule has 1 fully saturated rings. The average molecular weight is 249 g/mol. The summed E-state index contributed by atoms with van der Waals surface area (Å²) in [6.07, 6.45) is 2.58. The first-order chi connectivity index (χ1) is 8.25. The highest BCUT2D eigenvalue weighted by atomic mass is 32.2. The zero-order valence-electron chi connectivity index (χ0n) is 9.01. The number of carbonyl (C=O) groups is 1. The molecule has 1 saturated heterocycles. The maximum Gasteiger partial charge on any atom is 0.338 e. The van der Waals surface area contributed by atoms with Crippen LogP contribution in [0.3, 0.4) is 0 Å². The number of pyridine rings is 1. The van der Waals surface area contributed by atoms with Crippen molar-refractivity contribution in [2.75, 3.05) is 11.5 Å². The fourth-order valence-electron chi connectivity index (χ4n) is 2.05. The molecule has 6 heteroatoms. The van der Waals surface area contributed by atoms with Gasteiger partial charge in [-0.15, -0.1) is 0 Å². The van der Waals surface area contributed by atoms with Crippen LogP contribution in [0, 0.1) is 0 Å². The van der Waals surface area contributed by atoms with Crippen LogP contribution in [0.2, 0.25) is 0 Å². The Bertz CT molecular complexity index is 575. The first kappa shape index (κ1) is 10.6. The van der Waals surface area contributed by atoms with Gasteiger partial charge in [-0.25, -0.2) is 14.8 Å². The summed E-state index contributed by atoms with van der Waals surface area (Å²) in [5.41, 5.74) is 1.27. The first-order valence-corrected chi connectivity index (χ1v) is 6.57. The van der Waals surface area contributed by atoms with Gasteiger partial charge in [0.2, 0.25) is 0 Å². The second kappa shape index (κ2) is 4.03. The first-order valence-electron chi connectivity index (χ1n) is 5.41. The van der Waals surface area contributed by atoms with Gasteiger partial charge in [0, 0.05) is 17.9 Å². The minimum atomic E-state index is -0.951. The van der Waals surface area contributed by atoms with Crippen molar-refractivity contribution in [3.63, 3.8) is 0 Å². The molecule has 2 N–H and O–H groups in total. The molecule has 1 aliphatic heterocycles. The summed E-state index contributed by atoms with van der Waals surface area (Å²) < 4.78 is 0. The number of aromatic nitrogens is 3. The number of aromatic carboxylic acids is 1. The Balaban J connectivity index is 2.11. The van der Waals surface area contributed by atoms with Gasteiger partial charge in [0.15, 0.2) is 5.65 Å². The quantitative estimate of drug-likeness (QED) is 0.849. The van der Waals surface area contributed by atoms with Gasteiger partial charge in [-0.1, -0.05) is 0 Å². The Morgan fingerprint density at radius 3 is 3.18 bits per heavy atom. The fourth-order valence-corrected chi connectivity index (χ4v) is 3.28. The van der Waals surface area contributed by atoms with E-state index < -0.39 is 5.97 Å². The van der Waals surface area contributed by atoms with Crippen molar-refractivity contribution in [3.05, 3.63) is 23.7 Å². The molecule has 88 valence electrons. The van der Waals surface area contributed by atoms with Gasteiger partial charge in [-0.05, 0) is 18.2 Å². The van der Waals surface area contributed by atoms with Crippen LogP contribution in [0.4, 0.5) is 0 Å². The normalized spacial score (nSPS) is 19.9. The Morgan fingerprint density at radius 2 is 2.47 bits per heavy atom. The average Bonchev–Trinajstić information content (AvgIpc) is 2.96. The van der Waals surface area contributed by atoms with E-state index in [4.69, 9.17) is 5.11 Å². The lowest BCUT2D eigenvalue weighted by atomic mass is 10.1. The summed E-state index contributed by atoms with van der Waals surface area (Å²) in [4.78, 5) is 22.7. The lowest BCUT2D eigenvalue weighted by molar-refractivity contribution is 0.0698. The number of hydrogen-bond acceptors (Lipinski definition) is 4. The summed E-state index contributed by atoms with van der Waals surface area (Å²) >= 11 is 1.90. The Labute approximate surface area is 102 Å². The third-order valence-corrected chi connectivity index (χ3v) is 4.12. The van der Waals surface area contributed by atoms with Crippen LogP contribution in [-0.4, -0.2) is 37.5 Å². The summed E-state index contributed by atoms with van der Waals surface area (Å²) in [6.45, 7) is 0. The number of H-pyrrole nitrogens is 1. The predicted molar refractivity (Wildman–Crippen MR) is 65.5 cm³/mol. The summed E-state index contributed by atoms with van der Waals surface area (Å²) in [5, 5.41) is 9.08. The molecule has 0 radical (unpaired) electrons. The van der Waals surface area contributed by atoms with Crippen molar-refractivity contribution < 1.29 is 9.90 Å². The molecule has 0 aliphatic carbocycles. The molecule has 1 unspecified atom stereocenters. The molecule has 0 aromatic carbocycles. The molecule has 0 bridgehead atoms. The highest BCUT2D eigenvalue weighted by molar-refractivity contribution is 7.99. The van der Waals surface area contributed by atoms with E-state index in [0.717, 1.165) is 23.8 Å². The molecule has 0 amide bonds. The number of imidazole rings is 1. The molecule has 1 aliphatic rings. The van der Waals surface area contributed by atoms with Gasteiger partial charge in [-0.3, -0.25) is 0 Å². The van der Waals surface area contributed by atoms with Gasteiger partial charge >= 0.3 is 5.97 Å². The number of rotatable bonds is 2. The predicted octanol–water partition coefficient (Wildman–Crippen LogP) is 1.88. The molecule has 2 aromatic heterocycles. The van der Waals surface area contributed by atoms with Crippen LogP contribution in [-0.2, 0) is 0 Å². The minimum absolute atomic E-state index is 0.236. The van der Waals surface area contributed by atoms with E-state index in [1.807, 2.05) is 11.8 Å². The van der Waals surface area contributed by atoms with Crippen molar-refractivity contribution in [2.24, 2.45) is 0 Å². The minimum Gasteiger partial charge on any atom is -0.478 e. The number of fused-ring (bicyclic) bond motifs is 1. The largest absolute Gasteiger partial charge is 0.478 e. The molecule has 17 heavy (non-hydrogen) atoms. The number of aromatic amines is 1. The molecular formula is C11H11N3O2S. The monoisotopic (exact) mass is 249 g/mol. The molecule has 3 heterocycles. The van der Waals surface area contributed by atoms with Crippen LogP contribution >= 0.6 is 11.8 Å². The van der Waals surface area contributed by atoms with Gasteiger partial charge in [0.05, 0.1) is 11.1 Å². The molecule has 1 atom stereocenters. The molecule has 2 aromatic rings. The lowest BCUT2D eigenvalue weighted by Crippen LogP contribution is -1.99. The van der Waals surface area contributed by atoms with Crippen LogP contribution in [0.5, 0.6) is 0 Å². The maximum atomic E-state index is 11.1. The highest BCUT2D eigenvalue weighted by Gasteiger charge is 2.22. The van der Waals surface area contributed by atoms with Crippen molar-refractivity contribution >= 4 is 28.9 Å². The summed E-state index contributed by atoms with van der Waals surface area (Å²) in [7, 11) is 0. The van der Waals surface area contributed by atoms with Gasteiger partial charge in [0.25, 0.3) is 0 Å². The highest BCUT2D eigenvalue weighted by Crippen LogP contribution is 2.31. The second-order valence-corrected chi connectivity index (χ2v) is 5.19. The van der Waals surface area contributed by atoms with E-state index in [-0.39, 0.29) is 5.56 Å². The van der Waals surface area contributed by atoms with E-state index >= 15 is 0 Å². The Hall–Kier alpha value is -1.56. The number of hydrogen-bond donors (Lipinski definition) is 2. The number of carboxylic acid groups (broad SMARTS) is 1. The van der Waals surface area contributed by atoms with E-state index in [9.17, 15) is 4.79 Å². The fraction of sp³-hybridized carbons (Fsp3) is 0.364. The number of carboxylic acids is 1. The molecule has 5 nitrogen and oxygen atoms in total. The van der Waals surface area contributed by atoms with Crippen LogP contribution < -0.4 is 0 Å². The standard InChI is InChI=1S/C11H11N3O2S/c15-11(16)7-1-3-12-10-8(7)13-9(14-10)6-2-4-17-5-6/h1,3,6H,2,4-5H2,(H,15,16)(H,12,13,14). The SMILES string of the molecule is O=C(O)c1ccnc2nc(C3CCSC3)[nH]c12. The van der Waals surface area contributed by atoms with Crippen molar-refractivity contribution in [1.82, 2.24) is 15.0 Å². The second-order valence-electron chi connectivity index (χ2n) is 4.04. The smallest absolute Gasteiger partial charge is 0.338 e. The number of nitrogens with one attached hydrogen (secondary N) is 1. The van der Waals surface area contributed by atoms with Crippen LogP contribution in [0.15, 0.2) is 12.3 Å². The van der Waals surface area contributed by atoms with Gasteiger partial charge in [-0.2, -0.15) is 11.8 Å². The molecule has 0 saturated carbocycles. The maximum absolute atomic E-state index is 11.1. The molecule has 3 rings (SSSR count). The van der Waals surface area contributed by atoms with E-state index in [1.54, 1.807) is 0 Å². The van der Waals surface area contributed by atoms with Crippen molar-refractivity contribution in [3.8, 4) is 0 Å².